The van der Waals surface area contributed by atoms with Crippen molar-refractivity contribution in [3.05, 3.63) is 38.9 Å². The van der Waals surface area contributed by atoms with E-state index in [1.807, 2.05) is 6.92 Å². The number of aryl methyl sites for hydroxylation is 2. The molecule has 1 rings (SSSR count). The lowest BCUT2D eigenvalue weighted by atomic mass is 10.0. The van der Waals surface area contributed by atoms with E-state index < -0.39 is 22.7 Å². The van der Waals surface area contributed by atoms with E-state index in [1.54, 1.807) is 19.9 Å². The molecule has 2 N–H and O–H groups in total. The molecule has 0 heterocycles. The molecule has 1 amide bonds. The largest absolute Gasteiger partial charge is 0.481 e. The number of nitrogens with zero attached hydrogens (tertiary/aromatic N) is 1. The van der Waals surface area contributed by atoms with Crippen molar-refractivity contribution in [1.29, 1.82) is 0 Å². The fraction of sp³-hybridized carbons (Fsp3) is 0.467. The summed E-state index contributed by atoms with van der Waals surface area (Å²) < 4.78 is 0. The molecule has 1 aromatic rings. The minimum absolute atomic E-state index is 0.00310. The molecule has 1 unspecified atom stereocenters. The number of carbonyl (C=O) groups excluding carboxylic acids is 1. The number of aliphatic carboxylic acids is 1. The van der Waals surface area contributed by atoms with Crippen molar-refractivity contribution >= 4 is 17.6 Å². The number of carbonyl (C=O) groups is 2. The molecule has 0 spiro atoms. The Bertz CT molecular complexity index is 598. The topological polar surface area (TPSA) is 110 Å². The highest BCUT2D eigenvalue weighted by atomic mass is 16.6. The van der Waals surface area contributed by atoms with Crippen molar-refractivity contribution in [3.8, 4) is 0 Å². The molecule has 0 radical (unpaired) electrons. The van der Waals surface area contributed by atoms with Crippen LogP contribution in [0, 0.1) is 29.9 Å². The lowest BCUT2D eigenvalue weighted by Crippen LogP contribution is -2.33. The van der Waals surface area contributed by atoms with Crippen molar-refractivity contribution in [3.63, 3.8) is 0 Å². The summed E-state index contributed by atoms with van der Waals surface area (Å²) in [4.78, 5) is 33.6. The first-order valence-electron chi connectivity index (χ1n) is 7.04. The third-order valence-electron chi connectivity index (χ3n) is 3.48. The van der Waals surface area contributed by atoms with Gasteiger partial charge >= 0.3 is 5.97 Å². The lowest BCUT2D eigenvalue weighted by molar-refractivity contribution is -0.385. The number of rotatable bonds is 7. The van der Waals surface area contributed by atoms with Crippen LogP contribution >= 0.6 is 0 Å². The average Bonchev–Trinajstić information content (AvgIpc) is 2.42. The Morgan fingerprint density at radius 1 is 1.32 bits per heavy atom. The molecule has 0 aliphatic heterocycles. The zero-order chi connectivity index (χ0) is 16.9. The second-order valence-electron chi connectivity index (χ2n) is 5.24. The van der Waals surface area contributed by atoms with Gasteiger partial charge in [0.05, 0.1) is 10.8 Å². The molecule has 0 aliphatic rings. The van der Waals surface area contributed by atoms with E-state index in [9.17, 15) is 19.7 Å². The Morgan fingerprint density at radius 2 is 1.95 bits per heavy atom. The molecule has 0 bridgehead atoms. The van der Waals surface area contributed by atoms with E-state index in [1.165, 1.54) is 6.07 Å². The summed E-state index contributed by atoms with van der Waals surface area (Å²) in [5.74, 6) is -2.12. The number of hydrogen-bond acceptors (Lipinski definition) is 4. The maximum absolute atomic E-state index is 12.2. The molecule has 1 aromatic carbocycles. The maximum Gasteiger partial charge on any atom is 0.308 e. The minimum Gasteiger partial charge on any atom is -0.481 e. The monoisotopic (exact) mass is 308 g/mol. The number of hydrogen-bond donors (Lipinski definition) is 2. The van der Waals surface area contributed by atoms with Crippen molar-refractivity contribution in [2.45, 2.75) is 33.6 Å². The van der Waals surface area contributed by atoms with Gasteiger partial charge in [-0.15, -0.1) is 0 Å². The Labute approximate surface area is 128 Å². The summed E-state index contributed by atoms with van der Waals surface area (Å²) in [5.41, 5.74) is 1.16. The summed E-state index contributed by atoms with van der Waals surface area (Å²) in [6, 6.07) is 2.81. The maximum atomic E-state index is 12.2. The zero-order valence-electron chi connectivity index (χ0n) is 12.9. The molecular formula is C15H20N2O5. The van der Waals surface area contributed by atoms with Crippen LogP contribution in [0.5, 0.6) is 0 Å². The van der Waals surface area contributed by atoms with E-state index in [4.69, 9.17) is 5.11 Å². The highest BCUT2D eigenvalue weighted by Gasteiger charge is 2.21. The van der Waals surface area contributed by atoms with Gasteiger partial charge in [0.25, 0.3) is 11.6 Å². The van der Waals surface area contributed by atoms with Crippen molar-refractivity contribution in [2.24, 2.45) is 5.92 Å². The van der Waals surface area contributed by atoms with Crippen molar-refractivity contribution in [2.75, 3.05) is 6.54 Å². The van der Waals surface area contributed by atoms with E-state index in [2.05, 4.69) is 5.32 Å². The molecule has 0 fully saturated rings. The molecule has 0 saturated heterocycles. The van der Waals surface area contributed by atoms with E-state index >= 15 is 0 Å². The lowest BCUT2D eigenvalue weighted by Gasteiger charge is -2.13. The summed E-state index contributed by atoms with van der Waals surface area (Å²) >= 11 is 0. The van der Waals surface area contributed by atoms with Gasteiger partial charge in [-0.1, -0.05) is 13.3 Å². The first-order chi connectivity index (χ1) is 10.3. The Balaban J connectivity index is 2.92. The number of benzene rings is 1. The average molecular weight is 308 g/mol. The first-order valence-corrected chi connectivity index (χ1v) is 7.04. The third kappa shape index (κ3) is 4.28. The molecule has 120 valence electrons. The van der Waals surface area contributed by atoms with Crippen molar-refractivity contribution in [1.82, 2.24) is 5.32 Å². The van der Waals surface area contributed by atoms with Crippen LogP contribution in [0.25, 0.3) is 0 Å². The van der Waals surface area contributed by atoms with Gasteiger partial charge in [-0.25, -0.2) is 0 Å². The summed E-state index contributed by atoms with van der Waals surface area (Å²) in [6.07, 6.45) is 1.16. The Kier molecular flexibility index (Phi) is 6.03. The highest BCUT2D eigenvalue weighted by molar-refractivity contribution is 5.96. The third-order valence-corrected chi connectivity index (χ3v) is 3.48. The predicted molar refractivity (Wildman–Crippen MR) is 80.9 cm³/mol. The van der Waals surface area contributed by atoms with Crippen LogP contribution < -0.4 is 5.32 Å². The van der Waals surface area contributed by atoms with Gasteiger partial charge in [-0.2, -0.15) is 0 Å². The van der Waals surface area contributed by atoms with Crippen molar-refractivity contribution < 1.29 is 19.6 Å². The summed E-state index contributed by atoms with van der Waals surface area (Å²) in [5, 5.41) is 22.5. The molecular weight excluding hydrogens is 288 g/mol. The number of amides is 1. The Morgan fingerprint density at radius 3 is 2.45 bits per heavy atom. The molecule has 1 atom stereocenters. The molecule has 22 heavy (non-hydrogen) atoms. The molecule has 0 aromatic heterocycles. The van der Waals surface area contributed by atoms with E-state index in [0.29, 0.717) is 24.0 Å². The van der Waals surface area contributed by atoms with Gasteiger partial charge in [0.1, 0.15) is 0 Å². The molecule has 7 heteroatoms. The van der Waals surface area contributed by atoms with Gasteiger partial charge in [0.15, 0.2) is 0 Å². The fourth-order valence-electron chi connectivity index (χ4n) is 2.25. The SMILES string of the molecule is CCCC(CNC(=O)c1cc([N+](=O)[O-])c(C)cc1C)C(=O)O. The van der Waals surface area contributed by atoms with Crippen LogP contribution in [-0.2, 0) is 4.79 Å². The number of nitrogens with one attached hydrogen (secondary N) is 1. The van der Waals surface area contributed by atoms with Gasteiger partial charge < -0.3 is 10.4 Å². The number of nitro groups is 1. The van der Waals surface area contributed by atoms with Crippen LogP contribution in [0.3, 0.4) is 0 Å². The second kappa shape index (κ2) is 7.53. The predicted octanol–water partition coefficient (Wildman–Crippen LogP) is 2.44. The first kappa shape index (κ1) is 17.6. The summed E-state index contributed by atoms with van der Waals surface area (Å²) in [6.45, 7) is 5.16. The van der Waals surface area contributed by atoms with Crippen LogP contribution in [0.2, 0.25) is 0 Å². The second-order valence-corrected chi connectivity index (χ2v) is 5.24. The fourth-order valence-corrected chi connectivity index (χ4v) is 2.25. The minimum atomic E-state index is -0.964. The van der Waals surface area contributed by atoms with Gasteiger partial charge in [-0.3, -0.25) is 19.7 Å². The standard InChI is InChI=1S/C15H20N2O5/c1-4-5-11(15(19)20)8-16-14(18)12-7-13(17(21)22)10(3)6-9(12)2/h6-7,11H,4-5,8H2,1-3H3,(H,16,18)(H,19,20). The van der Waals surface area contributed by atoms with E-state index in [-0.39, 0.29) is 17.8 Å². The zero-order valence-corrected chi connectivity index (χ0v) is 12.9. The number of nitro benzene ring substituents is 1. The normalized spacial score (nSPS) is 11.8. The quantitative estimate of drug-likeness (QED) is 0.594. The molecule has 7 nitrogen and oxygen atoms in total. The van der Waals surface area contributed by atoms with Crippen LogP contribution in [0.15, 0.2) is 12.1 Å². The molecule has 0 saturated carbocycles. The summed E-state index contributed by atoms with van der Waals surface area (Å²) in [7, 11) is 0. The smallest absolute Gasteiger partial charge is 0.308 e. The number of carboxylic acid groups (broad SMARTS) is 1. The van der Waals surface area contributed by atoms with Gasteiger partial charge in [-0.05, 0) is 31.9 Å². The number of carboxylic acids is 1. The molecule has 0 aliphatic carbocycles. The van der Waals surface area contributed by atoms with Crippen LogP contribution in [0.4, 0.5) is 5.69 Å². The van der Waals surface area contributed by atoms with Gasteiger partial charge in [0, 0.05) is 23.7 Å². The van der Waals surface area contributed by atoms with Crippen LogP contribution in [-0.4, -0.2) is 28.5 Å². The van der Waals surface area contributed by atoms with Gasteiger partial charge in [0.2, 0.25) is 0 Å². The highest BCUT2D eigenvalue weighted by Crippen LogP contribution is 2.22. The van der Waals surface area contributed by atoms with E-state index in [0.717, 1.165) is 0 Å². The Hall–Kier alpha value is -2.44. The van der Waals surface area contributed by atoms with Crippen LogP contribution in [0.1, 0.15) is 41.3 Å².